The number of halogens is 1. The van der Waals surface area contributed by atoms with Crippen LogP contribution in [0.3, 0.4) is 0 Å². The van der Waals surface area contributed by atoms with E-state index in [4.69, 9.17) is 16.3 Å². The van der Waals surface area contributed by atoms with Crippen molar-refractivity contribution in [3.05, 3.63) is 22.3 Å². The van der Waals surface area contributed by atoms with Crippen molar-refractivity contribution in [3.8, 4) is 5.88 Å². The lowest BCUT2D eigenvalue weighted by atomic mass is 10.2. The number of hydrogen-bond donors (Lipinski definition) is 0. The van der Waals surface area contributed by atoms with Crippen LogP contribution in [0.2, 0.25) is 5.02 Å². The zero-order valence-electron chi connectivity index (χ0n) is 8.82. The molecule has 0 aliphatic rings. The molecular weight excluding hydrogens is 234 g/mol. The van der Waals surface area contributed by atoms with Gasteiger partial charge >= 0.3 is 5.97 Å². The van der Waals surface area contributed by atoms with Crippen LogP contribution in [0, 0.1) is 0 Å². The standard InChI is InChI=1S/C10H10ClNO4/c1-3-16-9-6(10(14)15-2)4-7(11)8(5-13)12-9/h4-5H,3H2,1-2H3. The topological polar surface area (TPSA) is 65.5 Å². The van der Waals surface area contributed by atoms with E-state index in [9.17, 15) is 9.59 Å². The highest BCUT2D eigenvalue weighted by Crippen LogP contribution is 2.23. The predicted molar refractivity (Wildman–Crippen MR) is 57.1 cm³/mol. The number of nitrogens with zero attached hydrogens (tertiary/aromatic N) is 1. The molecule has 0 spiro atoms. The molecular formula is C10H10ClNO4. The van der Waals surface area contributed by atoms with Crippen LogP contribution in [0.1, 0.15) is 27.8 Å². The van der Waals surface area contributed by atoms with E-state index in [0.29, 0.717) is 12.9 Å². The van der Waals surface area contributed by atoms with Gasteiger partial charge in [-0.3, -0.25) is 4.79 Å². The normalized spacial score (nSPS) is 9.69. The van der Waals surface area contributed by atoms with Crippen LogP contribution >= 0.6 is 11.6 Å². The number of hydrogen-bond acceptors (Lipinski definition) is 5. The summed E-state index contributed by atoms with van der Waals surface area (Å²) in [6.45, 7) is 2.05. The number of aldehydes is 1. The second kappa shape index (κ2) is 5.46. The van der Waals surface area contributed by atoms with Crippen LogP contribution in [0.25, 0.3) is 0 Å². The summed E-state index contributed by atoms with van der Waals surface area (Å²) in [6, 6.07) is 1.30. The predicted octanol–water partition coefficient (Wildman–Crippen LogP) is 1.73. The average Bonchev–Trinajstić information content (AvgIpc) is 2.30. The van der Waals surface area contributed by atoms with Gasteiger partial charge in [-0.05, 0) is 13.0 Å². The van der Waals surface area contributed by atoms with Crippen molar-refractivity contribution in [2.45, 2.75) is 6.92 Å². The van der Waals surface area contributed by atoms with E-state index in [1.807, 2.05) is 0 Å². The Balaban J connectivity index is 3.29. The quantitative estimate of drug-likeness (QED) is 0.595. The fraction of sp³-hybridized carbons (Fsp3) is 0.300. The molecule has 0 amide bonds. The third-order valence-corrected chi connectivity index (χ3v) is 2.07. The Bertz CT molecular complexity index is 420. The highest BCUT2D eigenvalue weighted by atomic mass is 35.5. The van der Waals surface area contributed by atoms with Crippen LogP contribution < -0.4 is 4.74 Å². The monoisotopic (exact) mass is 243 g/mol. The van der Waals surface area contributed by atoms with Crippen molar-refractivity contribution in [2.24, 2.45) is 0 Å². The van der Waals surface area contributed by atoms with Gasteiger partial charge in [-0.1, -0.05) is 11.6 Å². The molecule has 0 fully saturated rings. The molecule has 0 atom stereocenters. The van der Waals surface area contributed by atoms with E-state index in [-0.39, 0.29) is 22.2 Å². The van der Waals surface area contributed by atoms with Crippen molar-refractivity contribution < 1.29 is 19.1 Å². The molecule has 0 unspecified atom stereocenters. The first kappa shape index (κ1) is 12.4. The van der Waals surface area contributed by atoms with Crippen LogP contribution in [-0.4, -0.2) is 31.0 Å². The number of carbonyl (C=O) groups excluding carboxylic acids is 2. The van der Waals surface area contributed by atoms with Gasteiger partial charge in [0, 0.05) is 0 Å². The van der Waals surface area contributed by atoms with Gasteiger partial charge in [0.1, 0.15) is 11.3 Å². The third-order valence-electron chi connectivity index (χ3n) is 1.77. The summed E-state index contributed by atoms with van der Waals surface area (Å²) in [5, 5.41) is 0.0823. The van der Waals surface area contributed by atoms with Gasteiger partial charge in [0.15, 0.2) is 6.29 Å². The fourth-order valence-electron chi connectivity index (χ4n) is 1.07. The first-order valence-electron chi connectivity index (χ1n) is 4.50. The Kier molecular flexibility index (Phi) is 4.25. The Morgan fingerprint density at radius 3 is 2.81 bits per heavy atom. The second-order valence-electron chi connectivity index (χ2n) is 2.75. The van der Waals surface area contributed by atoms with E-state index in [0.717, 1.165) is 0 Å². The van der Waals surface area contributed by atoms with Gasteiger partial charge in [0.25, 0.3) is 0 Å². The van der Waals surface area contributed by atoms with Gasteiger partial charge in [-0.25, -0.2) is 9.78 Å². The number of aromatic nitrogens is 1. The molecule has 6 heteroatoms. The maximum atomic E-state index is 11.4. The number of rotatable bonds is 4. The van der Waals surface area contributed by atoms with Crippen LogP contribution in [0.5, 0.6) is 5.88 Å². The lowest BCUT2D eigenvalue weighted by molar-refractivity contribution is 0.0595. The summed E-state index contributed by atoms with van der Waals surface area (Å²) >= 11 is 5.75. The number of pyridine rings is 1. The Hall–Kier alpha value is -1.62. The lowest BCUT2D eigenvalue weighted by Crippen LogP contribution is -2.09. The Morgan fingerprint density at radius 1 is 1.62 bits per heavy atom. The summed E-state index contributed by atoms with van der Waals surface area (Å²) < 4.78 is 9.67. The van der Waals surface area contributed by atoms with Gasteiger partial charge in [-0.15, -0.1) is 0 Å². The second-order valence-corrected chi connectivity index (χ2v) is 3.16. The average molecular weight is 244 g/mol. The molecule has 0 aromatic carbocycles. The van der Waals surface area contributed by atoms with E-state index < -0.39 is 5.97 Å². The van der Waals surface area contributed by atoms with E-state index in [2.05, 4.69) is 9.72 Å². The van der Waals surface area contributed by atoms with Crippen LogP contribution in [0.4, 0.5) is 0 Å². The fourth-order valence-corrected chi connectivity index (χ4v) is 1.27. The Labute approximate surface area is 97.3 Å². The molecule has 1 heterocycles. The molecule has 16 heavy (non-hydrogen) atoms. The molecule has 0 saturated carbocycles. The smallest absolute Gasteiger partial charge is 0.343 e. The number of carbonyl (C=O) groups is 2. The first-order chi connectivity index (χ1) is 7.63. The first-order valence-corrected chi connectivity index (χ1v) is 4.88. The molecule has 0 N–H and O–H groups in total. The molecule has 0 radical (unpaired) electrons. The minimum absolute atomic E-state index is 0.0257. The minimum Gasteiger partial charge on any atom is -0.477 e. The van der Waals surface area contributed by atoms with Crippen molar-refractivity contribution in [3.63, 3.8) is 0 Å². The molecule has 1 aromatic heterocycles. The van der Waals surface area contributed by atoms with Crippen molar-refractivity contribution in [2.75, 3.05) is 13.7 Å². The molecule has 86 valence electrons. The molecule has 0 saturated heterocycles. The third kappa shape index (κ3) is 2.49. The van der Waals surface area contributed by atoms with Crippen molar-refractivity contribution in [1.82, 2.24) is 4.98 Å². The maximum Gasteiger partial charge on any atom is 0.343 e. The molecule has 0 bridgehead atoms. The largest absolute Gasteiger partial charge is 0.477 e. The summed E-state index contributed by atoms with van der Waals surface area (Å²) in [7, 11) is 1.24. The summed E-state index contributed by atoms with van der Waals surface area (Å²) in [5.74, 6) is -0.573. The van der Waals surface area contributed by atoms with Gasteiger partial charge in [-0.2, -0.15) is 0 Å². The summed E-state index contributed by atoms with van der Waals surface area (Å²) in [6.07, 6.45) is 0.492. The van der Waals surface area contributed by atoms with Crippen LogP contribution in [-0.2, 0) is 4.74 Å². The molecule has 5 nitrogen and oxygen atoms in total. The highest BCUT2D eigenvalue weighted by molar-refractivity contribution is 6.33. The van der Waals surface area contributed by atoms with E-state index in [1.54, 1.807) is 6.92 Å². The Morgan fingerprint density at radius 2 is 2.31 bits per heavy atom. The van der Waals surface area contributed by atoms with Crippen molar-refractivity contribution in [1.29, 1.82) is 0 Å². The number of esters is 1. The van der Waals surface area contributed by atoms with Crippen LogP contribution in [0.15, 0.2) is 6.07 Å². The molecule has 1 aromatic rings. The summed E-state index contributed by atoms with van der Waals surface area (Å²) in [5.41, 5.74) is 0.123. The zero-order valence-corrected chi connectivity index (χ0v) is 9.58. The summed E-state index contributed by atoms with van der Waals surface area (Å²) in [4.78, 5) is 25.8. The van der Waals surface area contributed by atoms with E-state index >= 15 is 0 Å². The highest BCUT2D eigenvalue weighted by Gasteiger charge is 2.17. The minimum atomic E-state index is -0.615. The maximum absolute atomic E-state index is 11.4. The SMILES string of the molecule is CCOc1nc(C=O)c(Cl)cc1C(=O)OC. The van der Waals surface area contributed by atoms with E-state index in [1.165, 1.54) is 13.2 Å². The number of ether oxygens (including phenoxy) is 2. The van der Waals surface area contributed by atoms with Gasteiger partial charge < -0.3 is 9.47 Å². The molecule has 0 aliphatic carbocycles. The lowest BCUT2D eigenvalue weighted by Gasteiger charge is -2.08. The molecule has 0 aliphatic heterocycles. The number of methoxy groups -OCH3 is 1. The van der Waals surface area contributed by atoms with Gasteiger partial charge in [0.2, 0.25) is 5.88 Å². The zero-order chi connectivity index (χ0) is 12.1. The van der Waals surface area contributed by atoms with Crippen molar-refractivity contribution >= 4 is 23.9 Å². The molecule has 1 rings (SSSR count). The van der Waals surface area contributed by atoms with Gasteiger partial charge in [0.05, 0.1) is 18.7 Å².